The van der Waals surface area contributed by atoms with Crippen LogP contribution in [-0.2, 0) is 18.1 Å². The third-order valence-electron chi connectivity index (χ3n) is 2.36. The number of carbonyl (C=O) groups is 1. The summed E-state index contributed by atoms with van der Waals surface area (Å²) in [7, 11) is 1.08. The van der Waals surface area contributed by atoms with E-state index in [1.807, 2.05) is 0 Å². The van der Waals surface area contributed by atoms with E-state index in [0.717, 1.165) is 31.9 Å². The Morgan fingerprint density at radius 3 is 1.95 bits per heavy atom. The lowest BCUT2D eigenvalue weighted by atomic mass is 10.4. The summed E-state index contributed by atoms with van der Waals surface area (Å²) in [5, 5.41) is 7.89. The summed E-state index contributed by atoms with van der Waals surface area (Å²) in [6.07, 6.45) is 3.26. The number of unbranched alkanes of at least 4 members (excludes halogenated alkanes) is 1. The Kier molecular flexibility index (Phi) is 13.4. The smallest absolute Gasteiger partial charge is 0.478 e. The van der Waals surface area contributed by atoms with Crippen LogP contribution in [-0.4, -0.2) is 40.7 Å². The van der Waals surface area contributed by atoms with Gasteiger partial charge in [-0.1, -0.05) is 33.3 Å². The van der Waals surface area contributed by atoms with Crippen molar-refractivity contribution in [1.29, 1.82) is 0 Å². The van der Waals surface area contributed by atoms with E-state index in [1.165, 1.54) is 6.92 Å². The predicted octanol–water partition coefficient (Wildman–Crippen LogP) is 3.09. The molecule has 0 spiro atoms. The number of carboxylic acid groups (broad SMARTS) is 1. The van der Waals surface area contributed by atoms with Crippen LogP contribution in [0.1, 0.15) is 40.0 Å². The molecular formula is C13H28O5Si. The van der Waals surface area contributed by atoms with Gasteiger partial charge in [0.05, 0.1) is 0 Å². The average molecular weight is 292 g/mol. The molecular weight excluding hydrogens is 264 g/mol. The van der Waals surface area contributed by atoms with Crippen molar-refractivity contribution < 1.29 is 23.2 Å². The maximum absolute atomic E-state index is 9.60. The molecule has 0 fully saturated rings. The van der Waals surface area contributed by atoms with E-state index in [1.54, 1.807) is 14.2 Å². The van der Waals surface area contributed by atoms with Gasteiger partial charge in [0.15, 0.2) is 0 Å². The highest BCUT2D eigenvalue weighted by atomic mass is 28.4. The molecule has 0 heterocycles. The van der Waals surface area contributed by atoms with Crippen LogP contribution in [0.3, 0.4) is 0 Å². The summed E-state index contributed by atoms with van der Waals surface area (Å²) in [5.74, 6) is -0.935. The Labute approximate surface area is 117 Å². The minimum absolute atomic E-state index is 0.176. The third kappa shape index (κ3) is 10.9. The maximum Gasteiger partial charge on any atom is 0.500 e. The molecule has 0 unspecified atom stereocenters. The molecule has 0 saturated carbocycles. The summed E-state index contributed by atoms with van der Waals surface area (Å²) < 4.78 is 16.4. The Morgan fingerprint density at radius 2 is 1.68 bits per heavy atom. The minimum Gasteiger partial charge on any atom is -0.478 e. The molecule has 0 rings (SSSR count). The number of hydrogen-bond acceptors (Lipinski definition) is 4. The fourth-order valence-electron chi connectivity index (χ4n) is 1.16. The van der Waals surface area contributed by atoms with Crippen LogP contribution in [0.2, 0.25) is 6.04 Å². The molecule has 19 heavy (non-hydrogen) atoms. The third-order valence-corrected chi connectivity index (χ3v) is 5.36. The van der Waals surface area contributed by atoms with Gasteiger partial charge in [-0.25, -0.2) is 4.79 Å². The first-order chi connectivity index (χ1) is 8.89. The number of carboxylic acids is 1. The Hall–Kier alpha value is -0.693. The van der Waals surface area contributed by atoms with E-state index >= 15 is 0 Å². The van der Waals surface area contributed by atoms with E-state index in [9.17, 15) is 4.79 Å². The fraction of sp³-hybridized carbons (Fsp3) is 0.769. The van der Waals surface area contributed by atoms with Crippen LogP contribution in [0.15, 0.2) is 12.2 Å². The monoisotopic (exact) mass is 292 g/mol. The van der Waals surface area contributed by atoms with E-state index < -0.39 is 14.8 Å². The standard InChI is InChI=1S/C9H22O3Si.C4H6O2/c1-5-7-8-12-13(10-3,11-4)9-6-2;1-3(2)4(5)6/h5-9H2,1-4H3;1H2,2H3,(H,5,6). The Balaban J connectivity index is 0. The average Bonchev–Trinajstić information content (AvgIpc) is 2.38. The molecule has 0 aromatic rings. The number of hydrogen-bond donors (Lipinski definition) is 1. The van der Waals surface area contributed by atoms with Gasteiger partial charge in [-0.3, -0.25) is 0 Å². The predicted molar refractivity (Wildman–Crippen MR) is 78.2 cm³/mol. The molecule has 0 bridgehead atoms. The van der Waals surface area contributed by atoms with Crippen molar-refractivity contribution in [2.24, 2.45) is 0 Å². The zero-order valence-corrected chi connectivity index (χ0v) is 13.8. The number of rotatable bonds is 9. The van der Waals surface area contributed by atoms with Crippen molar-refractivity contribution in [1.82, 2.24) is 0 Å². The van der Waals surface area contributed by atoms with Gasteiger partial charge in [-0.2, -0.15) is 0 Å². The van der Waals surface area contributed by atoms with E-state index in [-0.39, 0.29) is 5.57 Å². The topological polar surface area (TPSA) is 65.0 Å². The van der Waals surface area contributed by atoms with Crippen molar-refractivity contribution in [2.75, 3.05) is 20.8 Å². The number of aliphatic carboxylic acids is 1. The van der Waals surface area contributed by atoms with Gasteiger partial charge in [0, 0.05) is 32.4 Å². The highest BCUT2D eigenvalue weighted by Gasteiger charge is 2.37. The molecule has 0 amide bonds. The lowest BCUT2D eigenvalue weighted by Gasteiger charge is -2.25. The summed E-state index contributed by atoms with van der Waals surface area (Å²) in [4.78, 5) is 9.60. The molecule has 0 aromatic carbocycles. The summed E-state index contributed by atoms with van der Waals surface area (Å²) in [5.41, 5.74) is 0.176. The quantitative estimate of drug-likeness (QED) is 0.402. The van der Waals surface area contributed by atoms with E-state index in [2.05, 4.69) is 20.4 Å². The van der Waals surface area contributed by atoms with Gasteiger partial charge in [0.1, 0.15) is 0 Å². The molecule has 114 valence electrons. The van der Waals surface area contributed by atoms with Gasteiger partial charge >= 0.3 is 14.8 Å². The molecule has 0 aromatic heterocycles. The minimum atomic E-state index is -2.28. The van der Waals surface area contributed by atoms with Crippen LogP contribution >= 0.6 is 0 Å². The van der Waals surface area contributed by atoms with Crippen LogP contribution in [0, 0.1) is 0 Å². The first kappa shape index (κ1) is 20.6. The molecule has 0 radical (unpaired) electrons. The molecule has 0 atom stereocenters. The lowest BCUT2D eigenvalue weighted by molar-refractivity contribution is -0.132. The van der Waals surface area contributed by atoms with Crippen LogP contribution < -0.4 is 0 Å². The molecule has 5 nitrogen and oxygen atoms in total. The highest BCUT2D eigenvalue weighted by Crippen LogP contribution is 2.16. The summed E-state index contributed by atoms with van der Waals surface area (Å²) >= 11 is 0. The van der Waals surface area contributed by atoms with Gasteiger partial charge in [-0.05, 0) is 13.3 Å². The normalized spacial score (nSPS) is 10.6. The second kappa shape index (κ2) is 12.3. The second-order valence-corrected chi connectivity index (χ2v) is 7.10. The zero-order chi connectivity index (χ0) is 15.3. The Morgan fingerprint density at radius 1 is 1.21 bits per heavy atom. The van der Waals surface area contributed by atoms with Gasteiger partial charge in [0.25, 0.3) is 0 Å². The van der Waals surface area contributed by atoms with Crippen LogP contribution in [0.5, 0.6) is 0 Å². The zero-order valence-electron chi connectivity index (χ0n) is 12.8. The van der Waals surface area contributed by atoms with Crippen molar-refractivity contribution in [3.05, 3.63) is 12.2 Å². The fourth-order valence-corrected chi connectivity index (χ4v) is 3.18. The molecule has 6 heteroatoms. The Bertz CT molecular complexity index is 239. The van der Waals surface area contributed by atoms with Crippen LogP contribution in [0.4, 0.5) is 0 Å². The molecule has 1 N–H and O–H groups in total. The molecule has 0 aliphatic carbocycles. The summed E-state index contributed by atoms with van der Waals surface area (Å²) in [6, 6.07) is 0.906. The van der Waals surface area contributed by atoms with Crippen molar-refractivity contribution in [2.45, 2.75) is 46.1 Å². The van der Waals surface area contributed by atoms with Crippen molar-refractivity contribution >= 4 is 14.8 Å². The van der Waals surface area contributed by atoms with Crippen LogP contribution in [0.25, 0.3) is 0 Å². The van der Waals surface area contributed by atoms with Crippen molar-refractivity contribution in [3.8, 4) is 0 Å². The SMILES string of the molecule is C=C(C)C(=O)O.CCCCO[Si](CCC)(OC)OC. The van der Waals surface area contributed by atoms with Gasteiger partial charge < -0.3 is 18.4 Å². The van der Waals surface area contributed by atoms with E-state index in [0.29, 0.717) is 0 Å². The molecule has 0 saturated heterocycles. The molecule has 0 aliphatic rings. The van der Waals surface area contributed by atoms with Gasteiger partial charge in [-0.15, -0.1) is 0 Å². The first-order valence-electron chi connectivity index (χ1n) is 6.52. The summed E-state index contributed by atoms with van der Waals surface area (Å²) in [6.45, 7) is 9.62. The van der Waals surface area contributed by atoms with Crippen molar-refractivity contribution in [3.63, 3.8) is 0 Å². The van der Waals surface area contributed by atoms with Gasteiger partial charge in [0.2, 0.25) is 0 Å². The highest BCUT2D eigenvalue weighted by molar-refractivity contribution is 6.60. The first-order valence-corrected chi connectivity index (χ1v) is 8.45. The maximum atomic E-state index is 9.60. The molecule has 0 aliphatic heterocycles. The second-order valence-electron chi connectivity index (χ2n) is 4.13. The van der Waals surface area contributed by atoms with E-state index in [4.69, 9.17) is 18.4 Å². The lowest BCUT2D eigenvalue weighted by Crippen LogP contribution is -2.43. The largest absolute Gasteiger partial charge is 0.500 e.